The number of hydrogen-bond acceptors (Lipinski definition) is 6. The van der Waals surface area contributed by atoms with Gasteiger partial charge in [0.15, 0.2) is 6.10 Å². The topological polar surface area (TPSA) is 78.9 Å². The quantitative estimate of drug-likeness (QED) is 0.0261. The summed E-state index contributed by atoms with van der Waals surface area (Å²) in [4.78, 5) is 38.3. The molecule has 0 aliphatic rings. The van der Waals surface area contributed by atoms with Gasteiger partial charge in [-0.25, -0.2) is 0 Å². The van der Waals surface area contributed by atoms with Crippen LogP contribution in [-0.2, 0) is 28.6 Å². The Morgan fingerprint density at radius 2 is 0.534 bits per heavy atom. The van der Waals surface area contributed by atoms with E-state index in [4.69, 9.17) is 14.2 Å². The van der Waals surface area contributed by atoms with Crippen LogP contribution in [0.3, 0.4) is 0 Å². The van der Waals surface area contributed by atoms with E-state index in [0.717, 1.165) is 96.3 Å². The standard InChI is InChI=1S/C67H118O6/c1-4-7-10-13-16-19-22-25-28-31-33-36-39-42-45-48-51-54-57-60-66(69)72-63-64(62-71-65(68)59-56-53-50-47-44-41-38-35-30-27-24-21-18-15-12-9-6-3)73-67(70)61-58-55-52-49-46-43-40-37-34-32-29-26-23-20-17-14-11-8-5-2/h7,10,16-17,19-20,25-26,28-29,33,36,64H,4-6,8-9,11-15,18,21-24,27,30-32,34-35,37-63H2,1-3H3/b10-7-,19-16-,20-17-,28-25-,29-26-,36-33-. The Balaban J connectivity index is 4.39. The van der Waals surface area contributed by atoms with Crippen molar-refractivity contribution < 1.29 is 28.6 Å². The Morgan fingerprint density at radius 1 is 0.288 bits per heavy atom. The first-order valence-electron chi connectivity index (χ1n) is 31.4. The van der Waals surface area contributed by atoms with Gasteiger partial charge in [-0.15, -0.1) is 0 Å². The predicted octanol–water partition coefficient (Wildman–Crippen LogP) is 21.3. The highest BCUT2D eigenvalue weighted by Crippen LogP contribution is 2.17. The van der Waals surface area contributed by atoms with Crippen LogP contribution in [0.2, 0.25) is 0 Å². The van der Waals surface area contributed by atoms with Gasteiger partial charge in [0.25, 0.3) is 0 Å². The number of esters is 3. The third-order valence-electron chi connectivity index (χ3n) is 13.7. The summed E-state index contributed by atoms with van der Waals surface area (Å²) in [6, 6.07) is 0. The molecule has 1 atom stereocenters. The molecule has 73 heavy (non-hydrogen) atoms. The molecule has 6 nitrogen and oxygen atoms in total. The minimum Gasteiger partial charge on any atom is -0.462 e. The van der Waals surface area contributed by atoms with Crippen molar-refractivity contribution in [3.63, 3.8) is 0 Å². The fraction of sp³-hybridized carbons (Fsp3) is 0.776. The molecule has 0 aromatic heterocycles. The number of allylic oxidation sites excluding steroid dienone is 12. The molecule has 0 aromatic carbocycles. The SMILES string of the molecule is CC/C=C\C/C=C\C/C=C\C/C=C\CCCCCCCCC(=O)OCC(COC(=O)CCCCCCCCCCCCCCCCCCC)OC(=O)CCCCCCCCCCC/C=C\C/C=C\CCCCC. The van der Waals surface area contributed by atoms with Crippen LogP contribution < -0.4 is 0 Å². The molecule has 0 heterocycles. The van der Waals surface area contributed by atoms with Crippen LogP contribution in [0, 0.1) is 0 Å². The maximum absolute atomic E-state index is 12.9. The van der Waals surface area contributed by atoms with Gasteiger partial charge in [0.2, 0.25) is 0 Å². The third-order valence-corrected chi connectivity index (χ3v) is 13.7. The minimum absolute atomic E-state index is 0.0788. The molecule has 6 heteroatoms. The lowest BCUT2D eigenvalue weighted by Crippen LogP contribution is -2.30. The Bertz CT molecular complexity index is 1360. The average Bonchev–Trinajstić information content (AvgIpc) is 3.39. The minimum atomic E-state index is -0.784. The Kier molecular flexibility index (Phi) is 58.7. The van der Waals surface area contributed by atoms with Crippen molar-refractivity contribution >= 4 is 17.9 Å². The largest absolute Gasteiger partial charge is 0.462 e. The zero-order valence-electron chi connectivity index (χ0n) is 48.4. The van der Waals surface area contributed by atoms with Gasteiger partial charge >= 0.3 is 17.9 Å². The molecule has 0 N–H and O–H groups in total. The number of carbonyl (C=O) groups is 3. The normalized spacial score (nSPS) is 12.5. The van der Waals surface area contributed by atoms with Crippen LogP contribution in [0.25, 0.3) is 0 Å². The molecule has 0 aromatic rings. The molecule has 0 radical (unpaired) electrons. The fourth-order valence-electron chi connectivity index (χ4n) is 9.00. The first kappa shape index (κ1) is 69.8. The molecule has 0 aliphatic heterocycles. The maximum atomic E-state index is 12.9. The number of rotatable bonds is 57. The maximum Gasteiger partial charge on any atom is 0.306 e. The van der Waals surface area contributed by atoms with Gasteiger partial charge in [0.05, 0.1) is 0 Å². The molecule has 0 saturated carbocycles. The predicted molar refractivity (Wildman–Crippen MR) is 316 cm³/mol. The highest BCUT2D eigenvalue weighted by atomic mass is 16.6. The monoisotopic (exact) mass is 1020 g/mol. The summed E-state index contributed by atoms with van der Waals surface area (Å²) in [7, 11) is 0. The Morgan fingerprint density at radius 3 is 0.863 bits per heavy atom. The van der Waals surface area contributed by atoms with Crippen molar-refractivity contribution in [1.82, 2.24) is 0 Å². The van der Waals surface area contributed by atoms with Crippen molar-refractivity contribution in [2.75, 3.05) is 13.2 Å². The second-order valence-electron chi connectivity index (χ2n) is 20.9. The molecular weight excluding hydrogens is 901 g/mol. The molecule has 0 spiro atoms. The lowest BCUT2D eigenvalue weighted by molar-refractivity contribution is -0.167. The zero-order chi connectivity index (χ0) is 52.9. The third kappa shape index (κ3) is 59.6. The van der Waals surface area contributed by atoms with Gasteiger partial charge in [-0.05, 0) is 89.9 Å². The van der Waals surface area contributed by atoms with Crippen molar-refractivity contribution in [2.24, 2.45) is 0 Å². The number of carbonyl (C=O) groups excluding carboxylic acids is 3. The smallest absolute Gasteiger partial charge is 0.306 e. The van der Waals surface area contributed by atoms with Crippen molar-refractivity contribution in [2.45, 2.75) is 322 Å². The molecule has 0 rings (SSSR count). The van der Waals surface area contributed by atoms with E-state index in [1.807, 2.05) is 0 Å². The number of ether oxygens (including phenoxy) is 3. The van der Waals surface area contributed by atoms with Crippen molar-refractivity contribution in [3.8, 4) is 0 Å². The van der Waals surface area contributed by atoms with Gasteiger partial charge in [-0.1, -0.05) is 280 Å². The van der Waals surface area contributed by atoms with Gasteiger partial charge in [0.1, 0.15) is 13.2 Å². The van der Waals surface area contributed by atoms with Crippen LogP contribution in [0.1, 0.15) is 316 Å². The summed E-state index contributed by atoms with van der Waals surface area (Å²) in [6.45, 7) is 6.53. The molecule has 422 valence electrons. The van der Waals surface area contributed by atoms with E-state index < -0.39 is 6.10 Å². The second kappa shape index (κ2) is 61.4. The highest BCUT2D eigenvalue weighted by molar-refractivity contribution is 5.71. The van der Waals surface area contributed by atoms with Gasteiger partial charge in [0, 0.05) is 19.3 Å². The fourth-order valence-corrected chi connectivity index (χ4v) is 9.00. The van der Waals surface area contributed by atoms with Crippen LogP contribution in [0.5, 0.6) is 0 Å². The first-order valence-corrected chi connectivity index (χ1v) is 31.4. The van der Waals surface area contributed by atoms with Crippen LogP contribution in [0.15, 0.2) is 72.9 Å². The molecule has 0 fully saturated rings. The van der Waals surface area contributed by atoms with Crippen LogP contribution in [0.4, 0.5) is 0 Å². The van der Waals surface area contributed by atoms with Crippen molar-refractivity contribution in [1.29, 1.82) is 0 Å². The van der Waals surface area contributed by atoms with E-state index in [2.05, 4.69) is 93.7 Å². The first-order chi connectivity index (χ1) is 36.0. The summed E-state index contributed by atoms with van der Waals surface area (Å²) in [5, 5.41) is 0. The molecule has 0 bridgehead atoms. The Hall–Kier alpha value is -3.15. The lowest BCUT2D eigenvalue weighted by Gasteiger charge is -2.18. The van der Waals surface area contributed by atoms with Gasteiger partial charge < -0.3 is 14.2 Å². The summed E-state index contributed by atoms with van der Waals surface area (Å²) in [6.07, 6.45) is 78.9. The Labute approximate surface area is 453 Å². The average molecular weight is 1020 g/mol. The van der Waals surface area contributed by atoms with E-state index in [-0.39, 0.29) is 31.1 Å². The van der Waals surface area contributed by atoms with Crippen LogP contribution >= 0.6 is 0 Å². The van der Waals surface area contributed by atoms with Crippen LogP contribution in [-0.4, -0.2) is 37.2 Å². The van der Waals surface area contributed by atoms with E-state index in [1.54, 1.807) is 0 Å². The summed E-state index contributed by atoms with van der Waals surface area (Å²) in [5.74, 6) is -0.882. The molecule has 0 aliphatic carbocycles. The summed E-state index contributed by atoms with van der Waals surface area (Å²) < 4.78 is 16.9. The molecule has 0 saturated heterocycles. The van der Waals surface area contributed by atoms with E-state index in [9.17, 15) is 14.4 Å². The number of hydrogen-bond donors (Lipinski definition) is 0. The summed E-state index contributed by atoms with van der Waals surface area (Å²) in [5.41, 5.74) is 0. The lowest BCUT2D eigenvalue weighted by atomic mass is 10.0. The van der Waals surface area contributed by atoms with E-state index >= 15 is 0 Å². The summed E-state index contributed by atoms with van der Waals surface area (Å²) >= 11 is 0. The number of unbranched alkanes of at least 4 members (excludes halogenated alkanes) is 34. The molecular formula is C67H118O6. The van der Waals surface area contributed by atoms with E-state index in [1.165, 1.54) is 180 Å². The van der Waals surface area contributed by atoms with Gasteiger partial charge in [-0.3, -0.25) is 14.4 Å². The van der Waals surface area contributed by atoms with Gasteiger partial charge in [-0.2, -0.15) is 0 Å². The molecule has 1 unspecified atom stereocenters. The van der Waals surface area contributed by atoms with Crippen molar-refractivity contribution in [3.05, 3.63) is 72.9 Å². The second-order valence-corrected chi connectivity index (χ2v) is 20.9. The highest BCUT2D eigenvalue weighted by Gasteiger charge is 2.19. The zero-order valence-corrected chi connectivity index (χ0v) is 48.4. The molecule has 0 amide bonds. The van der Waals surface area contributed by atoms with E-state index in [0.29, 0.717) is 19.3 Å².